The molecule has 0 bridgehead atoms. The minimum atomic E-state index is -1.18. The smallest absolute Gasteiger partial charge is 0.308 e. The summed E-state index contributed by atoms with van der Waals surface area (Å²) >= 11 is 0. The van der Waals surface area contributed by atoms with Crippen LogP contribution in [0, 0.1) is 29.1 Å². The van der Waals surface area contributed by atoms with Crippen molar-refractivity contribution in [3.63, 3.8) is 0 Å². The van der Waals surface area contributed by atoms with Crippen LogP contribution in [0.3, 0.4) is 0 Å². The molecule has 5 nitrogen and oxygen atoms in total. The van der Waals surface area contributed by atoms with Crippen LogP contribution in [0.5, 0.6) is 0 Å². The van der Waals surface area contributed by atoms with E-state index in [1.54, 1.807) is 20.8 Å². The molecule has 0 saturated heterocycles. The molecule has 0 spiro atoms. The fourth-order valence-corrected chi connectivity index (χ4v) is 6.09. The third kappa shape index (κ3) is 6.24. The van der Waals surface area contributed by atoms with Gasteiger partial charge in [-0.05, 0) is 50.0 Å². The molecular formula is C30H44O5. The van der Waals surface area contributed by atoms with E-state index in [0.717, 1.165) is 25.7 Å². The number of rotatable bonds is 1. The van der Waals surface area contributed by atoms with Crippen molar-refractivity contribution >= 4 is 11.8 Å². The average Bonchev–Trinajstić information content (AvgIpc) is 3.11. The van der Waals surface area contributed by atoms with Crippen molar-refractivity contribution in [3.05, 3.63) is 47.5 Å². The van der Waals surface area contributed by atoms with Crippen LogP contribution >= 0.6 is 0 Å². The van der Waals surface area contributed by atoms with Crippen LogP contribution in [0.1, 0.15) is 85.1 Å². The van der Waals surface area contributed by atoms with Crippen LogP contribution in [-0.4, -0.2) is 40.3 Å². The number of aliphatic hydroxyl groups excluding tert-OH is 2. The van der Waals surface area contributed by atoms with Crippen molar-refractivity contribution in [2.24, 2.45) is 29.1 Å². The molecule has 2 aliphatic rings. The first-order valence-corrected chi connectivity index (χ1v) is 13.3. The number of aliphatic hydroxyl groups is 2. The van der Waals surface area contributed by atoms with Crippen LogP contribution in [-0.2, 0) is 14.3 Å². The second kappa shape index (κ2) is 11.4. The van der Waals surface area contributed by atoms with Crippen molar-refractivity contribution in [1.82, 2.24) is 0 Å². The number of fused-ring (bicyclic) bond motifs is 1. The van der Waals surface area contributed by atoms with E-state index in [1.165, 1.54) is 11.1 Å². The van der Waals surface area contributed by atoms with Gasteiger partial charge >= 0.3 is 5.97 Å². The zero-order valence-corrected chi connectivity index (χ0v) is 22.2. The first-order valence-electron chi connectivity index (χ1n) is 13.3. The first-order chi connectivity index (χ1) is 16.4. The van der Waals surface area contributed by atoms with Gasteiger partial charge < -0.3 is 14.9 Å². The highest BCUT2D eigenvalue weighted by Crippen LogP contribution is 2.46. The maximum absolute atomic E-state index is 13.2. The van der Waals surface area contributed by atoms with E-state index in [-0.39, 0.29) is 42.0 Å². The summed E-state index contributed by atoms with van der Waals surface area (Å²) in [6.07, 6.45) is 3.33. The van der Waals surface area contributed by atoms with Crippen LogP contribution < -0.4 is 0 Å². The predicted octanol–water partition coefficient (Wildman–Crippen LogP) is 5.45. The first kappa shape index (κ1) is 27.6. The molecule has 0 radical (unpaired) electrons. The molecule has 1 heterocycles. The Kier molecular flexibility index (Phi) is 8.98. The topological polar surface area (TPSA) is 83.8 Å². The number of esters is 1. The maximum atomic E-state index is 13.2. The summed E-state index contributed by atoms with van der Waals surface area (Å²) < 4.78 is 6.05. The molecule has 1 fully saturated rings. The van der Waals surface area contributed by atoms with Crippen molar-refractivity contribution in [2.45, 2.75) is 97.9 Å². The summed E-state index contributed by atoms with van der Waals surface area (Å²) in [6, 6.07) is 10.4. The fourth-order valence-electron chi connectivity index (χ4n) is 6.09. The zero-order chi connectivity index (χ0) is 25.9. The van der Waals surface area contributed by atoms with Gasteiger partial charge in [0.05, 0.1) is 24.0 Å². The second-order valence-corrected chi connectivity index (χ2v) is 11.7. The van der Waals surface area contributed by atoms with Gasteiger partial charge in [0.1, 0.15) is 11.9 Å². The minimum absolute atomic E-state index is 0.0331. The molecule has 2 unspecified atom stereocenters. The molecule has 1 aliphatic carbocycles. The number of hydrogen-bond donors (Lipinski definition) is 2. The molecule has 2 N–H and O–H groups in total. The molecule has 1 aliphatic heterocycles. The van der Waals surface area contributed by atoms with Crippen LogP contribution in [0.15, 0.2) is 42.0 Å². The van der Waals surface area contributed by atoms with E-state index < -0.39 is 29.5 Å². The SMILES string of the molecule is C/C1=C/[C@@H]2CC(c3ccccc3)C(C)[C@H]2OC(=O)C[C@H](O)C(C)(C)C(=O)[C@H](C)[C@@H](O)[C@@H](C)CCC1. The normalized spacial score (nSPS) is 38.8. The number of carbonyl (C=O) groups is 2. The monoisotopic (exact) mass is 484 g/mol. The Morgan fingerprint density at radius 2 is 1.69 bits per heavy atom. The van der Waals surface area contributed by atoms with Gasteiger partial charge in [-0.1, -0.05) is 76.6 Å². The lowest BCUT2D eigenvalue weighted by atomic mass is 9.73. The summed E-state index contributed by atoms with van der Waals surface area (Å²) in [7, 11) is 0. The van der Waals surface area contributed by atoms with E-state index in [0.29, 0.717) is 0 Å². The Bertz CT molecular complexity index is 905. The molecule has 3 rings (SSSR count). The van der Waals surface area contributed by atoms with Gasteiger partial charge in [-0.15, -0.1) is 0 Å². The lowest BCUT2D eigenvalue weighted by molar-refractivity contribution is -0.158. The van der Waals surface area contributed by atoms with Gasteiger partial charge in [-0.3, -0.25) is 9.59 Å². The number of carbonyl (C=O) groups excluding carboxylic acids is 2. The largest absolute Gasteiger partial charge is 0.461 e. The molecular weight excluding hydrogens is 440 g/mol. The number of benzene rings is 1. The number of ketones is 1. The van der Waals surface area contributed by atoms with Crippen LogP contribution in [0.25, 0.3) is 0 Å². The zero-order valence-electron chi connectivity index (χ0n) is 22.2. The van der Waals surface area contributed by atoms with Gasteiger partial charge in [0, 0.05) is 17.8 Å². The molecule has 1 saturated carbocycles. The third-order valence-electron chi connectivity index (χ3n) is 8.66. The van der Waals surface area contributed by atoms with Crippen molar-refractivity contribution in [3.8, 4) is 0 Å². The number of hydrogen-bond acceptors (Lipinski definition) is 5. The third-order valence-corrected chi connectivity index (χ3v) is 8.66. The summed E-state index contributed by atoms with van der Waals surface area (Å²) in [5.41, 5.74) is 1.35. The van der Waals surface area contributed by atoms with Gasteiger partial charge in [-0.25, -0.2) is 0 Å². The molecule has 1 aromatic rings. The number of ether oxygens (including phenoxy) is 1. The van der Waals surface area contributed by atoms with Crippen LogP contribution in [0.2, 0.25) is 0 Å². The number of Topliss-reactive ketones (excluding diaryl/α,β-unsaturated/α-hetero) is 1. The van der Waals surface area contributed by atoms with E-state index in [1.807, 2.05) is 25.1 Å². The van der Waals surface area contributed by atoms with Crippen molar-refractivity contribution < 1.29 is 24.5 Å². The molecule has 0 aromatic heterocycles. The summed E-state index contributed by atoms with van der Waals surface area (Å²) in [5.74, 6) is -0.845. The molecule has 194 valence electrons. The maximum Gasteiger partial charge on any atom is 0.308 e. The van der Waals surface area contributed by atoms with E-state index >= 15 is 0 Å². The lowest BCUT2D eigenvalue weighted by Crippen LogP contribution is -2.45. The summed E-state index contributed by atoms with van der Waals surface area (Å²) in [6.45, 7) is 11.3. The Hall–Kier alpha value is -1.98. The Labute approximate surface area is 211 Å². The van der Waals surface area contributed by atoms with Crippen molar-refractivity contribution in [2.75, 3.05) is 0 Å². The van der Waals surface area contributed by atoms with Crippen molar-refractivity contribution in [1.29, 1.82) is 0 Å². The van der Waals surface area contributed by atoms with Gasteiger partial charge in [0.2, 0.25) is 0 Å². The van der Waals surface area contributed by atoms with Gasteiger partial charge in [0.25, 0.3) is 0 Å². The quantitative estimate of drug-likeness (QED) is 0.409. The molecule has 0 amide bonds. The van der Waals surface area contributed by atoms with E-state index in [9.17, 15) is 19.8 Å². The predicted molar refractivity (Wildman–Crippen MR) is 138 cm³/mol. The Morgan fingerprint density at radius 3 is 2.34 bits per heavy atom. The highest BCUT2D eigenvalue weighted by molar-refractivity contribution is 5.88. The standard InChI is InChI=1S/C30H44O5/c1-18-11-10-12-19(2)27(33)21(4)29(34)30(5,6)25(31)17-26(32)35-28-20(3)24(16-23(28)15-18)22-13-8-7-9-14-22/h7-9,13-15,19-21,23-25,27-28,31,33H,10-12,16-17H2,1-6H3/b18-15-/t19-,20?,21+,23+,24?,25-,27-,28+/m0/s1. The molecule has 5 heteroatoms. The molecule has 8 atom stereocenters. The summed E-state index contributed by atoms with van der Waals surface area (Å²) in [5, 5.41) is 21.8. The second-order valence-electron chi connectivity index (χ2n) is 11.7. The van der Waals surface area contributed by atoms with E-state index in [4.69, 9.17) is 4.74 Å². The lowest BCUT2D eigenvalue weighted by Gasteiger charge is -2.34. The highest BCUT2D eigenvalue weighted by atomic mass is 16.5. The molecule has 35 heavy (non-hydrogen) atoms. The van der Waals surface area contributed by atoms with E-state index in [2.05, 4.69) is 32.1 Å². The Morgan fingerprint density at radius 1 is 1.03 bits per heavy atom. The van der Waals surface area contributed by atoms with Gasteiger partial charge in [-0.2, -0.15) is 0 Å². The summed E-state index contributed by atoms with van der Waals surface area (Å²) in [4.78, 5) is 26.3. The number of allylic oxidation sites excluding steroid dienone is 1. The average molecular weight is 485 g/mol. The minimum Gasteiger partial charge on any atom is -0.461 e. The van der Waals surface area contributed by atoms with Crippen LogP contribution in [0.4, 0.5) is 0 Å². The Balaban J connectivity index is 1.90. The fraction of sp³-hybridized carbons (Fsp3) is 0.667. The van der Waals surface area contributed by atoms with Gasteiger partial charge in [0.15, 0.2) is 0 Å². The molecule has 1 aromatic carbocycles. The highest BCUT2D eigenvalue weighted by Gasteiger charge is 2.45.